The van der Waals surface area contributed by atoms with Crippen LogP contribution in [-0.4, -0.2) is 20.1 Å². The minimum atomic E-state index is 0.596. The molecule has 4 heterocycles. The fourth-order valence-corrected chi connectivity index (χ4v) is 4.81. The molecule has 0 fully saturated rings. The molecule has 4 aromatic heterocycles. The first-order chi connectivity index (χ1) is 11.2. The van der Waals surface area contributed by atoms with Gasteiger partial charge in [0.15, 0.2) is 0 Å². The van der Waals surface area contributed by atoms with Gasteiger partial charge in [-0.3, -0.25) is 0 Å². The number of rotatable bonds is 4. The Balaban J connectivity index is 1.58. The topological polar surface area (TPSA) is 64.7 Å². The fraction of sp³-hybridized carbons (Fsp3) is 0.200. The Morgan fingerprint density at radius 2 is 2.17 bits per heavy atom. The SMILES string of the molecule is Cc1sc2ncnc(SCc3nc(-c4cccs4)no3)c2c1C. The van der Waals surface area contributed by atoms with Crippen molar-refractivity contribution in [2.24, 2.45) is 0 Å². The Labute approximate surface area is 144 Å². The number of hydrogen-bond acceptors (Lipinski definition) is 8. The average Bonchev–Trinajstić information content (AvgIpc) is 3.27. The Morgan fingerprint density at radius 1 is 1.26 bits per heavy atom. The van der Waals surface area contributed by atoms with Crippen LogP contribution in [0.4, 0.5) is 0 Å². The number of thiophene rings is 2. The molecule has 0 saturated heterocycles. The maximum atomic E-state index is 5.34. The van der Waals surface area contributed by atoms with Gasteiger partial charge in [-0.05, 0) is 30.9 Å². The first-order valence-corrected chi connectivity index (χ1v) is 9.60. The summed E-state index contributed by atoms with van der Waals surface area (Å²) in [5.41, 5.74) is 1.25. The lowest BCUT2D eigenvalue weighted by Gasteiger charge is -2.00. The molecule has 0 N–H and O–H groups in total. The molecule has 0 aromatic carbocycles. The van der Waals surface area contributed by atoms with Gasteiger partial charge in [0.2, 0.25) is 11.7 Å². The van der Waals surface area contributed by atoms with E-state index in [2.05, 4.69) is 34.0 Å². The van der Waals surface area contributed by atoms with Gasteiger partial charge in [0.1, 0.15) is 16.2 Å². The Morgan fingerprint density at radius 3 is 3.00 bits per heavy atom. The molecular weight excluding hydrogens is 348 g/mol. The summed E-state index contributed by atoms with van der Waals surface area (Å²) in [6.45, 7) is 4.23. The average molecular weight is 360 g/mol. The molecule has 8 heteroatoms. The van der Waals surface area contributed by atoms with Gasteiger partial charge in [0.25, 0.3) is 0 Å². The van der Waals surface area contributed by atoms with Crippen molar-refractivity contribution in [1.82, 2.24) is 20.1 Å². The zero-order chi connectivity index (χ0) is 15.8. The fourth-order valence-electron chi connectivity index (χ4n) is 2.21. The second-order valence-electron chi connectivity index (χ2n) is 4.92. The van der Waals surface area contributed by atoms with Crippen LogP contribution in [0.1, 0.15) is 16.3 Å². The monoisotopic (exact) mass is 360 g/mol. The van der Waals surface area contributed by atoms with Crippen LogP contribution >= 0.6 is 34.4 Å². The number of aromatic nitrogens is 4. The third kappa shape index (κ3) is 2.77. The van der Waals surface area contributed by atoms with Crippen LogP contribution in [0.3, 0.4) is 0 Å². The van der Waals surface area contributed by atoms with E-state index in [0.29, 0.717) is 17.5 Å². The molecule has 0 spiro atoms. The van der Waals surface area contributed by atoms with Crippen LogP contribution < -0.4 is 0 Å². The number of nitrogens with zero attached hydrogens (tertiary/aromatic N) is 4. The summed E-state index contributed by atoms with van der Waals surface area (Å²) in [5, 5.41) is 8.14. The molecule has 4 rings (SSSR count). The van der Waals surface area contributed by atoms with Crippen molar-refractivity contribution in [3.8, 4) is 10.7 Å². The number of aryl methyl sites for hydroxylation is 2. The lowest BCUT2D eigenvalue weighted by atomic mass is 10.2. The molecule has 0 aliphatic rings. The van der Waals surface area contributed by atoms with Crippen molar-refractivity contribution >= 4 is 44.7 Å². The number of thioether (sulfide) groups is 1. The van der Waals surface area contributed by atoms with E-state index in [4.69, 9.17) is 4.52 Å². The van der Waals surface area contributed by atoms with Gasteiger partial charge >= 0.3 is 0 Å². The highest BCUT2D eigenvalue weighted by molar-refractivity contribution is 7.98. The molecule has 0 bridgehead atoms. The first-order valence-electron chi connectivity index (χ1n) is 6.92. The van der Waals surface area contributed by atoms with Gasteiger partial charge < -0.3 is 4.52 Å². The van der Waals surface area contributed by atoms with Crippen LogP contribution in [0, 0.1) is 13.8 Å². The van der Waals surface area contributed by atoms with Crippen molar-refractivity contribution in [3.63, 3.8) is 0 Å². The van der Waals surface area contributed by atoms with Crippen molar-refractivity contribution in [2.75, 3.05) is 0 Å². The zero-order valence-electron chi connectivity index (χ0n) is 12.4. The molecule has 0 unspecified atom stereocenters. The molecule has 0 radical (unpaired) electrons. The van der Waals surface area contributed by atoms with Gasteiger partial charge in [-0.2, -0.15) is 4.98 Å². The summed E-state index contributed by atoms with van der Waals surface area (Å²) in [7, 11) is 0. The van der Waals surface area contributed by atoms with E-state index in [1.165, 1.54) is 10.4 Å². The second-order valence-corrected chi connectivity index (χ2v) is 8.03. The molecule has 23 heavy (non-hydrogen) atoms. The maximum Gasteiger partial charge on any atom is 0.237 e. The summed E-state index contributed by atoms with van der Waals surface area (Å²) >= 11 is 4.91. The molecule has 0 atom stereocenters. The summed E-state index contributed by atoms with van der Waals surface area (Å²) < 4.78 is 5.34. The molecule has 116 valence electrons. The van der Waals surface area contributed by atoms with Crippen molar-refractivity contribution in [3.05, 3.63) is 40.2 Å². The van der Waals surface area contributed by atoms with Gasteiger partial charge in [-0.15, -0.1) is 22.7 Å². The summed E-state index contributed by atoms with van der Waals surface area (Å²) in [6, 6.07) is 3.96. The molecule has 0 saturated carbocycles. The van der Waals surface area contributed by atoms with Crippen LogP contribution in [0.25, 0.3) is 20.9 Å². The van der Waals surface area contributed by atoms with Crippen LogP contribution in [0.5, 0.6) is 0 Å². The highest BCUT2D eigenvalue weighted by Crippen LogP contribution is 2.35. The maximum absolute atomic E-state index is 5.34. The Hall–Kier alpha value is -1.77. The largest absolute Gasteiger partial charge is 0.338 e. The Kier molecular flexibility index (Phi) is 3.88. The van der Waals surface area contributed by atoms with Gasteiger partial charge in [0.05, 0.1) is 10.6 Å². The second kappa shape index (κ2) is 6.03. The highest BCUT2D eigenvalue weighted by atomic mass is 32.2. The molecule has 5 nitrogen and oxygen atoms in total. The predicted octanol–water partition coefficient (Wildman–Crippen LogP) is 4.71. The van der Waals surface area contributed by atoms with Crippen LogP contribution in [0.2, 0.25) is 0 Å². The Bertz CT molecular complexity index is 959. The molecule has 0 amide bonds. The smallest absolute Gasteiger partial charge is 0.237 e. The van der Waals surface area contributed by atoms with E-state index in [1.807, 2.05) is 17.5 Å². The summed E-state index contributed by atoms with van der Waals surface area (Å²) in [5.74, 6) is 1.85. The van der Waals surface area contributed by atoms with Gasteiger partial charge in [-0.1, -0.05) is 23.0 Å². The normalized spacial score (nSPS) is 11.4. The van der Waals surface area contributed by atoms with Crippen molar-refractivity contribution in [2.45, 2.75) is 24.6 Å². The van der Waals surface area contributed by atoms with E-state index in [-0.39, 0.29) is 0 Å². The third-order valence-corrected chi connectivity index (χ3v) is 6.43. The number of fused-ring (bicyclic) bond motifs is 1. The van der Waals surface area contributed by atoms with Crippen LogP contribution in [-0.2, 0) is 5.75 Å². The molecular formula is C15H12N4OS3. The molecule has 4 aromatic rings. The van der Waals surface area contributed by atoms with E-state index in [0.717, 1.165) is 20.1 Å². The summed E-state index contributed by atoms with van der Waals surface area (Å²) in [4.78, 5) is 16.6. The lowest BCUT2D eigenvalue weighted by Crippen LogP contribution is -1.87. The minimum absolute atomic E-state index is 0.596. The van der Waals surface area contributed by atoms with E-state index < -0.39 is 0 Å². The van der Waals surface area contributed by atoms with Crippen molar-refractivity contribution < 1.29 is 4.52 Å². The highest BCUT2D eigenvalue weighted by Gasteiger charge is 2.14. The minimum Gasteiger partial charge on any atom is -0.338 e. The first kappa shape index (κ1) is 14.8. The van der Waals surface area contributed by atoms with E-state index in [1.54, 1.807) is 40.8 Å². The number of hydrogen-bond donors (Lipinski definition) is 0. The van der Waals surface area contributed by atoms with Crippen LogP contribution in [0.15, 0.2) is 33.4 Å². The van der Waals surface area contributed by atoms with Crippen molar-refractivity contribution in [1.29, 1.82) is 0 Å². The standard InChI is InChI=1S/C15H12N4OS3/c1-8-9(2)23-15-12(8)14(16-7-17-15)22-6-11-18-13(19-20-11)10-4-3-5-21-10/h3-5,7H,6H2,1-2H3. The molecule has 0 aliphatic heterocycles. The lowest BCUT2D eigenvalue weighted by molar-refractivity contribution is 0.392. The van der Waals surface area contributed by atoms with Gasteiger partial charge in [-0.25, -0.2) is 9.97 Å². The third-order valence-electron chi connectivity index (χ3n) is 3.47. The van der Waals surface area contributed by atoms with E-state index in [9.17, 15) is 0 Å². The summed E-state index contributed by atoms with van der Waals surface area (Å²) in [6.07, 6.45) is 1.62. The zero-order valence-corrected chi connectivity index (χ0v) is 14.9. The molecule has 0 aliphatic carbocycles. The quantitative estimate of drug-likeness (QED) is 0.388. The predicted molar refractivity (Wildman–Crippen MR) is 94.1 cm³/mol. The van der Waals surface area contributed by atoms with E-state index >= 15 is 0 Å². The van der Waals surface area contributed by atoms with Gasteiger partial charge in [0, 0.05) is 10.3 Å².